The van der Waals surface area contributed by atoms with E-state index >= 15 is 0 Å². The van der Waals surface area contributed by atoms with E-state index in [9.17, 15) is 4.79 Å². The Bertz CT molecular complexity index is 1410. The van der Waals surface area contributed by atoms with Crippen molar-refractivity contribution in [2.75, 3.05) is 11.1 Å². The number of carbonyl (C=O) groups is 1. The molecule has 0 saturated heterocycles. The zero-order valence-corrected chi connectivity index (χ0v) is 22.4. The van der Waals surface area contributed by atoms with Crippen molar-refractivity contribution in [3.63, 3.8) is 0 Å². The summed E-state index contributed by atoms with van der Waals surface area (Å²) in [5.41, 5.74) is 6.31. The molecule has 1 N–H and O–H groups in total. The number of nitrogens with zero attached hydrogens (tertiary/aromatic N) is 3. The van der Waals surface area contributed by atoms with E-state index < -0.39 is 0 Å². The molecule has 0 atom stereocenters. The molecule has 0 fully saturated rings. The van der Waals surface area contributed by atoms with Gasteiger partial charge in [0.15, 0.2) is 0 Å². The highest BCUT2D eigenvalue weighted by atomic mass is 32.2. The van der Waals surface area contributed by atoms with E-state index in [1.807, 2.05) is 31.2 Å². The van der Waals surface area contributed by atoms with E-state index in [0.29, 0.717) is 12.5 Å². The number of nitrogens with one attached hydrogen (secondary N) is 1. The molecule has 1 amide bonds. The van der Waals surface area contributed by atoms with Crippen LogP contribution in [0.25, 0.3) is 20.4 Å². The molecular formula is C27H30N4O2S2. The highest BCUT2D eigenvalue weighted by molar-refractivity contribution is 8.00. The van der Waals surface area contributed by atoms with Crippen molar-refractivity contribution in [1.29, 1.82) is 0 Å². The van der Waals surface area contributed by atoms with Crippen LogP contribution in [0.2, 0.25) is 0 Å². The summed E-state index contributed by atoms with van der Waals surface area (Å²) < 4.78 is 7.17. The second kappa shape index (κ2) is 9.48. The lowest BCUT2D eigenvalue weighted by Crippen LogP contribution is -2.33. The standard InChI is InChI=1S/C27H30N4O2S2/c1-15(2)10-20-19-12-33-27(4,5)11-18(19)22-23-24(35-25(22)31-20)26(29-14-28-23)34-13-21(32)30-17-8-6-16(3)7-9-17/h6-9,14-15H,10-13H2,1-5H3,(H,30,32). The second-order valence-corrected chi connectivity index (χ2v) is 12.1. The molecule has 1 aromatic carbocycles. The lowest BCUT2D eigenvalue weighted by Gasteiger charge is -2.33. The Hall–Kier alpha value is -2.55. The summed E-state index contributed by atoms with van der Waals surface area (Å²) in [7, 11) is 0. The molecule has 0 radical (unpaired) electrons. The zero-order valence-electron chi connectivity index (χ0n) is 20.8. The van der Waals surface area contributed by atoms with Crippen LogP contribution in [0.4, 0.5) is 5.69 Å². The number of anilines is 1. The maximum atomic E-state index is 12.6. The molecule has 8 heteroatoms. The van der Waals surface area contributed by atoms with Gasteiger partial charge in [-0.05, 0) is 50.8 Å². The Balaban J connectivity index is 1.50. The Kier molecular flexibility index (Phi) is 6.55. The monoisotopic (exact) mass is 506 g/mol. The van der Waals surface area contributed by atoms with Crippen molar-refractivity contribution >= 4 is 55.1 Å². The molecule has 0 saturated carbocycles. The number of ether oxygens (including phenoxy) is 1. The number of thioether (sulfide) groups is 1. The predicted molar refractivity (Wildman–Crippen MR) is 144 cm³/mol. The molecule has 0 bridgehead atoms. The summed E-state index contributed by atoms with van der Waals surface area (Å²) in [5.74, 6) is 0.728. The van der Waals surface area contributed by atoms with Gasteiger partial charge in [0.05, 0.1) is 28.2 Å². The van der Waals surface area contributed by atoms with Gasteiger partial charge in [0.25, 0.3) is 0 Å². The van der Waals surface area contributed by atoms with E-state index in [1.54, 1.807) is 17.7 Å². The smallest absolute Gasteiger partial charge is 0.234 e. The van der Waals surface area contributed by atoms with Gasteiger partial charge in [0.1, 0.15) is 16.2 Å². The number of pyridine rings is 1. The number of hydrogen-bond acceptors (Lipinski definition) is 7. The minimum atomic E-state index is -0.233. The van der Waals surface area contributed by atoms with Crippen LogP contribution in [0.5, 0.6) is 0 Å². The molecule has 35 heavy (non-hydrogen) atoms. The summed E-state index contributed by atoms with van der Waals surface area (Å²) >= 11 is 3.07. The summed E-state index contributed by atoms with van der Waals surface area (Å²) in [5, 5.41) is 4.91. The van der Waals surface area contributed by atoms with E-state index in [-0.39, 0.29) is 17.3 Å². The van der Waals surface area contributed by atoms with Gasteiger partial charge in [-0.25, -0.2) is 15.0 Å². The second-order valence-electron chi connectivity index (χ2n) is 10.2. The van der Waals surface area contributed by atoms with Crippen LogP contribution in [0.15, 0.2) is 35.6 Å². The normalized spacial score (nSPS) is 15.0. The average Bonchev–Trinajstić information content (AvgIpc) is 3.17. The quantitative estimate of drug-likeness (QED) is 0.243. The molecule has 0 spiro atoms. The first kappa shape index (κ1) is 24.2. The summed E-state index contributed by atoms with van der Waals surface area (Å²) in [6, 6.07) is 7.81. The van der Waals surface area contributed by atoms with Crippen molar-refractivity contribution in [3.8, 4) is 0 Å². The van der Waals surface area contributed by atoms with E-state index in [2.05, 4.69) is 43.0 Å². The Labute approximate surface area is 213 Å². The SMILES string of the molecule is Cc1ccc(NC(=O)CSc2ncnc3c2sc2nc(CC(C)C)c4c(c23)CC(C)(C)OC4)cc1. The minimum absolute atomic E-state index is 0.0552. The maximum Gasteiger partial charge on any atom is 0.234 e. The molecule has 182 valence electrons. The van der Waals surface area contributed by atoms with Crippen LogP contribution in [0.3, 0.4) is 0 Å². The molecule has 0 aliphatic carbocycles. The zero-order chi connectivity index (χ0) is 24.7. The van der Waals surface area contributed by atoms with Gasteiger partial charge in [-0.2, -0.15) is 0 Å². The number of benzene rings is 1. The number of amides is 1. The fourth-order valence-corrected chi connectivity index (χ4v) is 6.53. The summed E-state index contributed by atoms with van der Waals surface area (Å²) in [6.07, 6.45) is 3.35. The van der Waals surface area contributed by atoms with Crippen molar-refractivity contribution in [2.45, 2.75) is 64.7 Å². The fourth-order valence-electron chi connectivity index (χ4n) is 4.48. The molecule has 1 aliphatic heterocycles. The van der Waals surface area contributed by atoms with E-state index in [4.69, 9.17) is 9.72 Å². The number of rotatable bonds is 6. The number of thiophene rings is 1. The predicted octanol–water partition coefficient (Wildman–Crippen LogP) is 6.33. The molecular weight excluding hydrogens is 476 g/mol. The van der Waals surface area contributed by atoms with Crippen LogP contribution in [0.1, 0.15) is 50.1 Å². The molecule has 5 rings (SSSR count). The number of aromatic nitrogens is 3. The Morgan fingerprint density at radius 3 is 2.71 bits per heavy atom. The van der Waals surface area contributed by atoms with E-state index in [0.717, 1.165) is 55.2 Å². The van der Waals surface area contributed by atoms with Crippen LogP contribution in [-0.4, -0.2) is 32.2 Å². The summed E-state index contributed by atoms with van der Waals surface area (Å²) in [6.45, 7) is 11.3. The van der Waals surface area contributed by atoms with Gasteiger partial charge in [0.2, 0.25) is 5.91 Å². The molecule has 4 aromatic rings. The molecule has 4 heterocycles. The van der Waals surface area contributed by atoms with Gasteiger partial charge in [-0.1, -0.05) is 43.3 Å². The first-order valence-corrected chi connectivity index (χ1v) is 13.7. The van der Waals surface area contributed by atoms with Crippen LogP contribution >= 0.6 is 23.1 Å². The summed E-state index contributed by atoms with van der Waals surface area (Å²) in [4.78, 5) is 27.9. The maximum absolute atomic E-state index is 12.6. The largest absolute Gasteiger partial charge is 0.370 e. The van der Waals surface area contributed by atoms with Crippen molar-refractivity contribution in [2.24, 2.45) is 5.92 Å². The van der Waals surface area contributed by atoms with Crippen molar-refractivity contribution in [1.82, 2.24) is 15.0 Å². The highest BCUT2D eigenvalue weighted by Crippen LogP contribution is 2.43. The van der Waals surface area contributed by atoms with E-state index in [1.165, 1.54) is 22.9 Å². The number of fused-ring (bicyclic) bond motifs is 5. The number of aryl methyl sites for hydroxylation is 1. The van der Waals surface area contributed by atoms with Crippen LogP contribution < -0.4 is 5.32 Å². The third kappa shape index (κ3) is 5.06. The average molecular weight is 507 g/mol. The Morgan fingerprint density at radius 2 is 1.97 bits per heavy atom. The van der Waals surface area contributed by atoms with Crippen LogP contribution in [0, 0.1) is 12.8 Å². The Morgan fingerprint density at radius 1 is 1.20 bits per heavy atom. The molecule has 6 nitrogen and oxygen atoms in total. The first-order chi connectivity index (χ1) is 16.7. The van der Waals surface area contributed by atoms with Gasteiger partial charge in [0, 0.05) is 28.8 Å². The molecule has 1 aliphatic rings. The topological polar surface area (TPSA) is 77.0 Å². The fraction of sp³-hybridized carbons (Fsp3) is 0.407. The van der Waals surface area contributed by atoms with Gasteiger partial charge in [-0.3, -0.25) is 4.79 Å². The minimum Gasteiger partial charge on any atom is -0.370 e. The third-order valence-electron chi connectivity index (χ3n) is 6.16. The van der Waals surface area contributed by atoms with Crippen molar-refractivity contribution in [3.05, 3.63) is 53.0 Å². The van der Waals surface area contributed by atoms with Gasteiger partial charge >= 0.3 is 0 Å². The van der Waals surface area contributed by atoms with Crippen LogP contribution in [-0.2, 0) is 29.0 Å². The lowest BCUT2D eigenvalue weighted by atomic mass is 9.88. The van der Waals surface area contributed by atoms with Crippen molar-refractivity contribution < 1.29 is 9.53 Å². The number of carbonyl (C=O) groups excluding carboxylic acids is 1. The lowest BCUT2D eigenvalue weighted by molar-refractivity contribution is -0.113. The first-order valence-electron chi connectivity index (χ1n) is 11.9. The third-order valence-corrected chi connectivity index (χ3v) is 8.36. The molecule has 0 unspecified atom stereocenters. The highest BCUT2D eigenvalue weighted by Gasteiger charge is 2.31. The number of hydrogen-bond donors (Lipinski definition) is 1. The van der Waals surface area contributed by atoms with Gasteiger partial charge < -0.3 is 10.1 Å². The molecule has 3 aromatic heterocycles. The van der Waals surface area contributed by atoms with Gasteiger partial charge in [-0.15, -0.1) is 11.3 Å².